The molecule has 0 spiro atoms. The Morgan fingerprint density at radius 3 is 2.69 bits per heavy atom. The highest BCUT2D eigenvalue weighted by molar-refractivity contribution is 7.15. The van der Waals surface area contributed by atoms with Crippen LogP contribution < -0.4 is 5.32 Å². The van der Waals surface area contributed by atoms with Gasteiger partial charge in [0.2, 0.25) is 0 Å². The van der Waals surface area contributed by atoms with E-state index < -0.39 is 28.9 Å². The van der Waals surface area contributed by atoms with Crippen LogP contribution in [-0.2, 0) is 6.42 Å². The first kappa shape index (κ1) is 18.1. The van der Waals surface area contributed by atoms with Crippen molar-refractivity contribution in [1.82, 2.24) is 15.3 Å². The van der Waals surface area contributed by atoms with Crippen molar-refractivity contribution < 1.29 is 18.0 Å². The van der Waals surface area contributed by atoms with Crippen molar-refractivity contribution in [2.45, 2.75) is 13.3 Å². The third kappa shape index (κ3) is 3.75. The minimum atomic E-state index is -1.66. The number of nitrogens with zero attached hydrogens (tertiary/aromatic N) is 2. The minimum Gasteiger partial charge on any atom is -0.352 e. The molecule has 26 heavy (non-hydrogen) atoms. The Morgan fingerprint density at radius 2 is 1.96 bits per heavy atom. The first-order valence-corrected chi connectivity index (χ1v) is 8.58. The van der Waals surface area contributed by atoms with Gasteiger partial charge in [0.25, 0.3) is 5.91 Å². The van der Waals surface area contributed by atoms with E-state index >= 15 is 0 Å². The van der Waals surface area contributed by atoms with Crippen LogP contribution in [0.15, 0.2) is 36.5 Å². The summed E-state index contributed by atoms with van der Waals surface area (Å²) in [5, 5.41) is 3.28. The van der Waals surface area contributed by atoms with Crippen LogP contribution in [0.5, 0.6) is 0 Å². The monoisotopic (exact) mass is 377 g/mol. The van der Waals surface area contributed by atoms with E-state index in [1.807, 2.05) is 25.1 Å². The van der Waals surface area contributed by atoms with E-state index in [-0.39, 0.29) is 6.54 Å². The molecule has 0 atom stereocenters. The number of rotatable bonds is 5. The highest BCUT2D eigenvalue weighted by Crippen LogP contribution is 2.26. The predicted octanol–water partition coefficient (Wildman–Crippen LogP) is 3.90. The predicted molar refractivity (Wildman–Crippen MR) is 92.4 cm³/mol. The molecule has 0 aliphatic rings. The molecule has 2 aromatic heterocycles. The summed E-state index contributed by atoms with van der Waals surface area (Å²) in [7, 11) is 0. The zero-order chi connectivity index (χ0) is 18.7. The van der Waals surface area contributed by atoms with Crippen molar-refractivity contribution in [3.8, 4) is 10.7 Å². The lowest BCUT2D eigenvalue weighted by Gasteiger charge is -2.06. The molecule has 0 unspecified atom stereocenters. The van der Waals surface area contributed by atoms with Gasteiger partial charge in [0.05, 0.1) is 17.0 Å². The number of amides is 1. The van der Waals surface area contributed by atoms with Crippen molar-refractivity contribution in [2.75, 3.05) is 6.54 Å². The summed E-state index contributed by atoms with van der Waals surface area (Å²) in [6.45, 7) is 2.07. The first-order valence-electron chi connectivity index (χ1n) is 7.76. The standard InChI is InChI=1S/C18H14F3N3OS/c1-10-14(26-18(24-10)13-4-2-3-8-22-13)7-9-23-17(25)11-5-6-12(19)16(21)15(11)20/h2-6,8H,7,9H2,1H3,(H,23,25). The molecule has 0 radical (unpaired) electrons. The third-order valence-corrected chi connectivity index (χ3v) is 4.93. The van der Waals surface area contributed by atoms with Crippen LogP contribution >= 0.6 is 11.3 Å². The largest absolute Gasteiger partial charge is 0.352 e. The Bertz CT molecular complexity index is 944. The minimum absolute atomic E-state index is 0.210. The second-order valence-electron chi connectivity index (χ2n) is 5.47. The number of pyridine rings is 1. The quantitative estimate of drug-likeness (QED) is 0.686. The summed E-state index contributed by atoms with van der Waals surface area (Å²) in [6.07, 6.45) is 2.16. The van der Waals surface area contributed by atoms with Crippen LogP contribution in [0.25, 0.3) is 10.7 Å². The van der Waals surface area contributed by atoms with Gasteiger partial charge in [-0.25, -0.2) is 18.2 Å². The fourth-order valence-corrected chi connectivity index (χ4v) is 3.38. The molecule has 0 aliphatic carbocycles. The number of thiazole rings is 1. The summed E-state index contributed by atoms with van der Waals surface area (Å²) in [6, 6.07) is 7.18. The fraction of sp³-hybridized carbons (Fsp3) is 0.167. The van der Waals surface area contributed by atoms with E-state index in [0.717, 1.165) is 33.4 Å². The van der Waals surface area contributed by atoms with Crippen LogP contribution in [-0.4, -0.2) is 22.4 Å². The molecule has 3 aromatic rings. The Balaban J connectivity index is 1.64. The molecular weight excluding hydrogens is 363 g/mol. The number of aryl methyl sites for hydroxylation is 1. The first-order chi connectivity index (χ1) is 12.5. The number of halogens is 3. The highest BCUT2D eigenvalue weighted by Gasteiger charge is 2.18. The molecule has 1 N–H and O–H groups in total. The van der Waals surface area contributed by atoms with E-state index in [1.54, 1.807) is 6.20 Å². The molecule has 0 aliphatic heterocycles. The number of nitrogens with one attached hydrogen (secondary N) is 1. The molecule has 2 heterocycles. The Kier molecular flexibility index (Phi) is 5.32. The van der Waals surface area contributed by atoms with Crippen molar-refractivity contribution in [3.63, 3.8) is 0 Å². The van der Waals surface area contributed by atoms with Crippen molar-refractivity contribution in [2.24, 2.45) is 0 Å². The highest BCUT2D eigenvalue weighted by atomic mass is 32.1. The lowest BCUT2D eigenvalue weighted by molar-refractivity contribution is 0.0949. The SMILES string of the molecule is Cc1nc(-c2ccccn2)sc1CCNC(=O)c1ccc(F)c(F)c1F. The smallest absolute Gasteiger partial charge is 0.254 e. The Labute approximate surface area is 151 Å². The topological polar surface area (TPSA) is 54.9 Å². The van der Waals surface area contributed by atoms with Gasteiger partial charge in [-0.2, -0.15) is 0 Å². The van der Waals surface area contributed by atoms with Gasteiger partial charge in [-0.15, -0.1) is 11.3 Å². The number of hydrogen-bond acceptors (Lipinski definition) is 4. The number of carbonyl (C=O) groups is 1. The van der Waals surface area contributed by atoms with Gasteiger partial charge in [0.1, 0.15) is 5.01 Å². The van der Waals surface area contributed by atoms with Crippen LogP contribution in [0, 0.1) is 24.4 Å². The summed E-state index contributed by atoms with van der Waals surface area (Å²) in [4.78, 5) is 21.6. The lowest BCUT2D eigenvalue weighted by atomic mass is 10.2. The van der Waals surface area contributed by atoms with Gasteiger partial charge in [0.15, 0.2) is 17.5 Å². The van der Waals surface area contributed by atoms with Crippen molar-refractivity contribution in [3.05, 3.63) is 70.1 Å². The maximum Gasteiger partial charge on any atom is 0.254 e. The zero-order valence-electron chi connectivity index (χ0n) is 13.7. The maximum atomic E-state index is 13.6. The molecule has 0 saturated carbocycles. The molecule has 3 rings (SSSR count). The number of benzene rings is 1. The molecule has 0 bridgehead atoms. The van der Waals surface area contributed by atoms with Crippen molar-refractivity contribution >= 4 is 17.2 Å². The molecule has 0 fully saturated rings. The summed E-state index contributed by atoms with van der Waals surface area (Å²) in [5.41, 5.74) is 1.06. The van der Waals surface area contributed by atoms with Gasteiger partial charge in [-0.1, -0.05) is 6.07 Å². The maximum absolute atomic E-state index is 13.6. The fourth-order valence-electron chi connectivity index (χ4n) is 2.34. The van der Waals surface area contributed by atoms with Crippen LogP contribution in [0.1, 0.15) is 20.9 Å². The van der Waals surface area contributed by atoms with E-state index in [9.17, 15) is 18.0 Å². The number of hydrogen-bond donors (Lipinski definition) is 1. The van der Waals surface area contributed by atoms with Crippen LogP contribution in [0.4, 0.5) is 13.2 Å². The molecular formula is C18H14F3N3OS. The van der Waals surface area contributed by atoms with Gasteiger partial charge in [-0.05, 0) is 31.2 Å². The summed E-state index contributed by atoms with van der Waals surface area (Å²) in [5.74, 6) is -5.28. The van der Waals surface area contributed by atoms with Gasteiger partial charge >= 0.3 is 0 Å². The normalized spacial score (nSPS) is 10.8. The number of aromatic nitrogens is 2. The van der Waals surface area contributed by atoms with Crippen LogP contribution in [0.3, 0.4) is 0 Å². The average molecular weight is 377 g/mol. The molecule has 4 nitrogen and oxygen atoms in total. The average Bonchev–Trinajstić information content (AvgIpc) is 3.01. The zero-order valence-corrected chi connectivity index (χ0v) is 14.5. The Hall–Kier alpha value is -2.74. The molecule has 0 saturated heterocycles. The molecule has 1 aromatic carbocycles. The Morgan fingerprint density at radius 1 is 1.15 bits per heavy atom. The second-order valence-corrected chi connectivity index (χ2v) is 6.56. The van der Waals surface area contributed by atoms with E-state index in [4.69, 9.17) is 0 Å². The molecule has 134 valence electrons. The van der Waals surface area contributed by atoms with Crippen molar-refractivity contribution in [1.29, 1.82) is 0 Å². The van der Waals surface area contributed by atoms with Gasteiger partial charge in [0, 0.05) is 24.0 Å². The van der Waals surface area contributed by atoms with E-state index in [0.29, 0.717) is 6.42 Å². The van der Waals surface area contributed by atoms with Gasteiger partial charge in [-0.3, -0.25) is 9.78 Å². The number of carbonyl (C=O) groups excluding carboxylic acids is 1. The summed E-state index contributed by atoms with van der Waals surface area (Å²) >= 11 is 1.46. The second kappa shape index (κ2) is 7.65. The van der Waals surface area contributed by atoms with E-state index in [2.05, 4.69) is 15.3 Å². The third-order valence-electron chi connectivity index (χ3n) is 3.69. The summed E-state index contributed by atoms with van der Waals surface area (Å²) < 4.78 is 39.8. The molecule has 8 heteroatoms. The molecule has 1 amide bonds. The van der Waals surface area contributed by atoms with E-state index in [1.165, 1.54) is 11.3 Å². The lowest BCUT2D eigenvalue weighted by Crippen LogP contribution is -2.27. The van der Waals surface area contributed by atoms with Gasteiger partial charge < -0.3 is 5.32 Å². The van der Waals surface area contributed by atoms with Crippen LogP contribution in [0.2, 0.25) is 0 Å².